The summed E-state index contributed by atoms with van der Waals surface area (Å²) in [7, 11) is 0. The minimum Gasteiger partial charge on any atom is -0.458 e. The Labute approximate surface area is 166 Å². The van der Waals surface area contributed by atoms with Crippen LogP contribution in [0.2, 0.25) is 5.02 Å². The van der Waals surface area contributed by atoms with Crippen LogP contribution in [0.3, 0.4) is 0 Å². The van der Waals surface area contributed by atoms with Crippen LogP contribution < -0.4 is 10.1 Å². The molecule has 0 aliphatic carbocycles. The van der Waals surface area contributed by atoms with Crippen molar-refractivity contribution >= 4 is 23.8 Å². The topological polar surface area (TPSA) is 116 Å². The Hall–Kier alpha value is -2.78. The van der Waals surface area contributed by atoms with Crippen LogP contribution in [0.5, 0.6) is 11.6 Å². The summed E-state index contributed by atoms with van der Waals surface area (Å²) in [5.41, 5.74) is -0.396. The van der Waals surface area contributed by atoms with Crippen LogP contribution in [0.4, 0.5) is 5.69 Å². The lowest BCUT2D eigenvalue weighted by Crippen LogP contribution is -2.29. The summed E-state index contributed by atoms with van der Waals surface area (Å²) < 4.78 is 10.8. The average molecular weight is 407 g/mol. The van der Waals surface area contributed by atoms with Gasteiger partial charge < -0.3 is 14.8 Å². The molecule has 1 atom stereocenters. The van der Waals surface area contributed by atoms with E-state index in [0.29, 0.717) is 17.2 Å². The largest absolute Gasteiger partial charge is 0.458 e. The molecular weight excluding hydrogens is 388 g/mol. The van der Waals surface area contributed by atoms with Crippen LogP contribution >= 0.6 is 11.6 Å². The maximum absolute atomic E-state index is 11.8. The molecule has 1 aromatic heterocycles. The van der Waals surface area contributed by atoms with Crippen molar-refractivity contribution in [2.75, 3.05) is 13.1 Å². The van der Waals surface area contributed by atoms with Gasteiger partial charge in [-0.2, -0.15) is 4.98 Å². The van der Waals surface area contributed by atoms with Crippen LogP contribution in [0.25, 0.3) is 0 Å². The molecule has 0 amide bonds. The molecule has 148 valence electrons. The van der Waals surface area contributed by atoms with Crippen LogP contribution in [0.1, 0.15) is 31.1 Å². The molecule has 1 aromatic carbocycles. The van der Waals surface area contributed by atoms with Gasteiger partial charge in [0.15, 0.2) is 11.8 Å². The van der Waals surface area contributed by atoms with Gasteiger partial charge >= 0.3 is 11.6 Å². The minimum atomic E-state index is -0.850. The summed E-state index contributed by atoms with van der Waals surface area (Å²) in [4.78, 5) is 30.1. The number of nitro groups is 1. The molecule has 28 heavy (non-hydrogen) atoms. The van der Waals surface area contributed by atoms with E-state index in [1.54, 1.807) is 24.3 Å². The molecule has 2 aromatic rings. The van der Waals surface area contributed by atoms with Gasteiger partial charge in [0.25, 0.3) is 6.47 Å². The quantitative estimate of drug-likeness (QED) is 0.402. The van der Waals surface area contributed by atoms with Crippen molar-refractivity contribution in [3.05, 3.63) is 51.4 Å². The van der Waals surface area contributed by atoms with Crippen molar-refractivity contribution in [2.24, 2.45) is 5.92 Å². The number of ether oxygens (including phenoxy) is 2. The van der Waals surface area contributed by atoms with Gasteiger partial charge in [0, 0.05) is 5.02 Å². The van der Waals surface area contributed by atoms with Crippen molar-refractivity contribution in [1.29, 1.82) is 0 Å². The molecule has 0 saturated carbocycles. The monoisotopic (exact) mass is 406 g/mol. The number of nitrogens with one attached hydrogen (secondary N) is 1. The van der Waals surface area contributed by atoms with E-state index in [9.17, 15) is 14.9 Å². The molecule has 0 spiro atoms. The van der Waals surface area contributed by atoms with Gasteiger partial charge in [0.1, 0.15) is 12.1 Å². The van der Waals surface area contributed by atoms with Crippen molar-refractivity contribution < 1.29 is 19.2 Å². The molecule has 1 unspecified atom stereocenters. The number of halogens is 1. The second-order valence-electron chi connectivity index (χ2n) is 6.38. The molecular formula is C18H19ClN4O5. The van der Waals surface area contributed by atoms with Gasteiger partial charge in [-0.3, -0.25) is 14.9 Å². The smallest absolute Gasteiger partial charge is 0.356 e. The fourth-order valence-electron chi connectivity index (χ4n) is 3.19. The van der Waals surface area contributed by atoms with E-state index in [1.807, 2.05) is 0 Å². The molecule has 2 heterocycles. The molecule has 1 N–H and O–H groups in total. The second-order valence-corrected chi connectivity index (χ2v) is 6.81. The van der Waals surface area contributed by atoms with E-state index >= 15 is 0 Å². The van der Waals surface area contributed by atoms with Crippen molar-refractivity contribution in [1.82, 2.24) is 15.3 Å². The Morgan fingerprint density at radius 1 is 1.29 bits per heavy atom. The zero-order valence-electron chi connectivity index (χ0n) is 14.9. The molecule has 9 nitrogen and oxygen atoms in total. The number of benzene rings is 1. The van der Waals surface area contributed by atoms with Gasteiger partial charge in [-0.05, 0) is 62.5 Å². The molecule has 1 saturated heterocycles. The summed E-state index contributed by atoms with van der Waals surface area (Å²) in [6, 6.07) is 6.34. The summed E-state index contributed by atoms with van der Waals surface area (Å²) in [6.45, 7) is 2.00. The number of piperidine rings is 1. The van der Waals surface area contributed by atoms with Gasteiger partial charge in [-0.15, -0.1) is 0 Å². The van der Waals surface area contributed by atoms with Gasteiger partial charge in [-0.25, -0.2) is 4.98 Å². The molecule has 0 radical (unpaired) electrons. The molecule has 0 bridgehead atoms. The zero-order chi connectivity index (χ0) is 19.9. The van der Waals surface area contributed by atoms with Crippen LogP contribution in [0, 0.1) is 16.0 Å². The predicted molar refractivity (Wildman–Crippen MR) is 100 cm³/mol. The molecule has 10 heteroatoms. The van der Waals surface area contributed by atoms with Crippen molar-refractivity contribution in [2.45, 2.75) is 25.4 Å². The second kappa shape index (κ2) is 9.43. The summed E-state index contributed by atoms with van der Waals surface area (Å²) in [5.74, 6) is 0.381. The van der Waals surface area contributed by atoms with Gasteiger partial charge in [-0.1, -0.05) is 11.6 Å². The van der Waals surface area contributed by atoms with Gasteiger partial charge in [0.2, 0.25) is 0 Å². The van der Waals surface area contributed by atoms with E-state index in [1.165, 1.54) is 0 Å². The van der Waals surface area contributed by atoms with Crippen molar-refractivity contribution in [3.8, 4) is 11.6 Å². The highest BCUT2D eigenvalue weighted by Crippen LogP contribution is 2.38. The number of carbonyl (C=O) groups is 1. The van der Waals surface area contributed by atoms with Crippen LogP contribution in [0.15, 0.2) is 30.6 Å². The molecule has 3 rings (SSSR count). The number of hydrogen-bond acceptors (Lipinski definition) is 8. The average Bonchev–Trinajstić information content (AvgIpc) is 2.70. The fourth-order valence-corrected chi connectivity index (χ4v) is 3.32. The first-order valence-corrected chi connectivity index (χ1v) is 9.18. The number of hydrogen-bond donors (Lipinski definition) is 1. The third-order valence-electron chi connectivity index (χ3n) is 4.56. The molecule has 1 aliphatic heterocycles. The Bertz CT molecular complexity index is 827. The number of rotatable bonds is 8. The summed E-state index contributed by atoms with van der Waals surface area (Å²) in [6.07, 6.45) is 2.55. The third kappa shape index (κ3) is 4.93. The number of carbonyl (C=O) groups excluding carboxylic acids is 1. The summed E-state index contributed by atoms with van der Waals surface area (Å²) >= 11 is 5.85. The first-order chi connectivity index (χ1) is 13.6. The normalized spacial score (nSPS) is 15.6. The van der Waals surface area contributed by atoms with E-state index in [2.05, 4.69) is 15.3 Å². The Kier molecular flexibility index (Phi) is 6.72. The Balaban J connectivity index is 1.92. The van der Waals surface area contributed by atoms with E-state index in [0.717, 1.165) is 32.3 Å². The minimum absolute atomic E-state index is 0.0228. The highest BCUT2D eigenvalue weighted by molar-refractivity contribution is 6.30. The van der Waals surface area contributed by atoms with Crippen LogP contribution in [-0.2, 0) is 9.53 Å². The maximum atomic E-state index is 11.8. The van der Waals surface area contributed by atoms with Crippen LogP contribution in [-0.4, -0.2) is 34.5 Å². The van der Waals surface area contributed by atoms with E-state index in [4.69, 9.17) is 21.1 Å². The molecule has 1 fully saturated rings. The highest BCUT2D eigenvalue weighted by atomic mass is 35.5. The lowest BCUT2D eigenvalue weighted by Gasteiger charge is -2.25. The van der Waals surface area contributed by atoms with E-state index < -0.39 is 16.7 Å². The first-order valence-electron chi connectivity index (χ1n) is 8.81. The number of aromatic nitrogens is 2. The lowest BCUT2D eigenvalue weighted by atomic mass is 9.90. The Morgan fingerprint density at radius 3 is 2.64 bits per heavy atom. The highest BCUT2D eigenvalue weighted by Gasteiger charge is 2.33. The Morgan fingerprint density at radius 2 is 2.00 bits per heavy atom. The summed E-state index contributed by atoms with van der Waals surface area (Å²) in [5, 5.41) is 15.5. The lowest BCUT2D eigenvalue weighted by molar-refractivity contribution is -0.387. The van der Waals surface area contributed by atoms with E-state index in [-0.39, 0.29) is 24.0 Å². The third-order valence-corrected chi connectivity index (χ3v) is 4.81. The SMILES string of the molecule is O=COC(CC1CCNCC1)c1ncnc(Oc2ccc(Cl)cc2)c1[N+](=O)[O-]. The van der Waals surface area contributed by atoms with Gasteiger partial charge in [0.05, 0.1) is 4.92 Å². The zero-order valence-corrected chi connectivity index (χ0v) is 15.7. The molecule has 1 aliphatic rings. The standard InChI is InChI=1S/C18H19ClN4O5/c19-13-1-3-14(4-2-13)28-18-17(23(25)26)16(21-10-22-18)15(27-11-24)9-12-5-7-20-8-6-12/h1-4,10-12,15,20H,5-9H2. The fraction of sp³-hybridized carbons (Fsp3) is 0.389. The number of nitrogens with zero attached hydrogens (tertiary/aromatic N) is 3. The predicted octanol–water partition coefficient (Wildman–Crippen LogP) is 3.43. The first kappa shape index (κ1) is 20.0. The van der Waals surface area contributed by atoms with Crippen molar-refractivity contribution in [3.63, 3.8) is 0 Å². The maximum Gasteiger partial charge on any atom is 0.356 e.